The van der Waals surface area contributed by atoms with Crippen LogP contribution in [0.3, 0.4) is 0 Å². The molecule has 0 atom stereocenters. The smallest absolute Gasteiger partial charge is 0.306 e. The number of rotatable bonds is 13. The molecule has 0 N–H and O–H groups in total. The molecule has 0 fully saturated rings. The first-order valence-corrected chi connectivity index (χ1v) is 9.17. The second-order valence-electron chi connectivity index (χ2n) is 6.13. The van der Waals surface area contributed by atoms with E-state index in [0.29, 0.717) is 12.2 Å². The predicted molar refractivity (Wildman–Crippen MR) is 94.4 cm³/mol. The average molecular weight is 352 g/mol. The Morgan fingerprint density at radius 2 is 1.40 bits per heavy atom. The second-order valence-corrected chi connectivity index (χ2v) is 6.13. The van der Waals surface area contributed by atoms with Crippen LogP contribution in [0.5, 0.6) is 0 Å². The zero-order valence-electron chi connectivity index (χ0n) is 15.1. The van der Waals surface area contributed by atoms with E-state index in [9.17, 15) is 14.0 Å². The summed E-state index contributed by atoms with van der Waals surface area (Å²) in [6, 6.07) is 5.73. The van der Waals surface area contributed by atoms with Crippen LogP contribution >= 0.6 is 0 Å². The maximum absolute atomic E-state index is 12.8. The summed E-state index contributed by atoms with van der Waals surface area (Å²) in [6.45, 7) is 2.68. The molecule has 0 aliphatic heterocycles. The van der Waals surface area contributed by atoms with Crippen molar-refractivity contribution in [3.8, 4) is 0 Å². The molecular formula is C20H29FO4. The lowest BCUT2D eigenvalue weighted by Crippen LogP contribution is -2.11. The van der Waals surface area contributed by atoms with Crippen molar-refractivity contribution in [1.82, 2.24) is 0 Å². The summed E-state index contributed by atoms with van der Waals surface area (Å²) < 4.78 is 22.9. The molecule has 1 aromatic rings. The van der Waals surface area contributed by atoms with Gasteiger partial charge in [-0.2, -0.15) is 0 Å². The van der Waals surface area contributed by atoms with Gasteiger partial charge in [-0.1, -0.05) is 57.6 Å². The molecule has 1 rings (SSSR count). The van der Waals surface area contributed by atoms with Crippen molar-refractivity contribution in [2.45, 2.75) is 71.3 Å². The molecule has 0 aliphatic rings. The monoisotopic (exact) mass is 352 g/mol. The minimum atomic E-state index is -0.461. The maximum Gasteiger partial charge on any atom is 0.306 e. The number of carbonyl (C=O) groups is 2. The molecule has 1 aromatic carbocycles. The van der Waals surface area contributed by atoms with Gasteiger partial charge in [0.15, 0.2) is 0 Å². The van der Waals surface area contributed by atoms with Gasteiger partial charge in [-0.15, -0.1) is 0 Å². The first-order valence-electron chi connectivity index (χ1n) is 9.17. The van der Waals surface area contributed by atoms with Gasteiger partial charge in [0.05, 0.1) is 19.4 Å². The van der Waals surface area contributed by atoms with Crippen LogP contribution in [0.25, 0.3) is 0 Å². The molecule has 0 heterocycles. The fourth-order valence-electron chi connectivity index (χ4n) is 2.34. The van der Waals surface area contributed by atoms with E-state index in [1.165, 1.54) is 44.2 Å². The number of halogens is 1. The van der Waals surface area contributed by atoms with E-state index in [2.05, 4.69) is 6.92 Å². The number of esters is 2. The normalized spacial score (nSPS) is 10.5. The Balaban J connectivity index is 1.99. The van der Waals surface area contributed by atoms with Gasteiger partial charge in [0, 0.05) is 0 Å². The summed E-state index contributed by atoms with van der Waals surface area (Å²) in [5.41, 5.74) is 0.705. The highest BCUT2D eigenvalue weighted by atomic mass is 19.1. The van der Waals surface area contributed by atoms with E-state index in [1.807, 2.05) is 0 Å². The van der Waals surface area contributed by atoms with Crippen molar-refractivity contribution >= 4 is 11.9 Å². The van der Waals surface area contributed by atoms with Crippen LogP contribution in [0.1, 0.15) is 70.3 Å². The molecule has 0 saturated carbocycles. The zero-order valence-corrected chi connectivity index (χ0v) is 15.1. The molecule has 4 nitrogen and oxygen atoms in total. The van der Waals surface area contributed by atoms with E-state index in [0.717, 1.165) is 12.8 Å². The van der Waals surface area contributed by atoms with Gasteiger partial charge < -0.3 is 9.47 Å². The fourth-order valence-corrected chi connectivity index (χ4v) is 2.34. The summed E-state index contributed by atoms with van der Waals surface area (Å²) in [4.78, 5) is 23.1. The highest BCUT2D eigenvalue weighted by Gasteiger charge is 2.09. The van der Waals surface area contributed by atoms with Gasteiger partial charge in [0.25, 0.3) is 0 Å². The highest BCUT2D eigenvalue weighted by Crippen LogP contribution is 2.08. The molecular weight excluding hydrogens is 323 g/mol. The van der Waals surface area contributed by atoms with E-state index in [1.54, 1.807) is 12.1 Å². The SMILES string of the molecule is CCCCCCCCCOC(=O)CCC(=O)OCc1ccc(F)cc1. The number of benzene rings is 1. The van der Waals surface area contributed by atoms with E-state index in [-0.39, 0.29) is 31.2 Å². The minimum Gasteiger partial charge on any atom is -0.466 e. The van der Waals surface area contributed by atoms with E-state index in [4.69, 9.17) is 9.47 Å². The Bertz CT molecular complexity index is 499. The van der Waals surface area contributed by atoms with Crippen LogP contribution in [-0.4, -0.2) is 18.5 Å². The maximum atomic E-state index is 12.8. The van der Waals surface area contributed by atoms with Gasteiger partial charge in [0.2, 0.25) is 0 Å². The highest BCUT2D eigenvalue weighted by molar-refractivity contribution is 5.77. The molecule has 0 bridgehead atoms. The van der Waals surface area contributed by atoms with Gasteiger partial charge in [-0.25, -0.2) is 4.39 Å². The molecule has 0 unspecified atom stereocenters. The molecule has 140 valence electrons. The van der Waals surface area contributed by atoms with Crippen LogP contribution in [-0.2, 0) is 25.7 Å². The quantitative estimate of drug-likeness (QED) is 0.372. The van der Waals surface area contributed by atoms with Crippen LogP contribution in [0.2, 0.25) is 0 Å². The Morgan fingerprint density at radius 3 is 2.04 bits per heavy atom. The fraction of sp³-hybridized carbons (Fsp3) is 0.600. The summed E-state index contributed by atoms with van der Waals surface area (Å²) in [6.07, 6.45) is 8.17. The van der Waals surface area contributed by atoms with E-state index < -0.39 is 5.97 Å². The molecule has 0 amide bonds. The van der Waals surface area contributed by atoms with Crippen LogP contribution in [0.15, 0.2) is 24.3 Å². The van der Waals surface area contributed by atoms with Crippen molar-refractivity contribution in [2.75, 3.05) is 6.61 Å². The largest absolute Gasteiger partial charge is 0.466 e. The third-order valence-corrected chi connectivity index (χ3v) is 3.86. The van der Waals surface area contributed by atoms with Crippen molar-refractivity contribution in [3.05, 3.63) is 35.6 Å². The zero-order chi connectivity index (χ0) is 18.3. The lowest BCUT2D eigenvalue weighted by atomic mass is 10.1. The lowest BCUT2D eigenvalue weighted by Gasteiger charge is -2.06. The topological polar surface area (TPSA) is 52.6 Å². The van der Waals surface area contributed by atoms with Crippen molar-refractivity contribution in [3.63, 3.8) is 0 Å². The average Bonchev–Trinajstić information content (AvgIpc) is 2.61. The van der Waals surface area contributed by atoms with Crippen LogP contribution < -0.4 is 0 Å². The van der Waals surface area contributed by atoms with Crippen LogP contribution in [0, 0.1) is 5.82 Å². The number of unbranched alkanes of at least 4 members (excludes halogenated alkanes) is 6. The molecule has 25 heavy (non-hydrogen) atoms. The summed E-state index contributed by atoms with van der Waals surface area (Å²) in [5, 5.41) is 0. The molecule has 0 aliphatic carbocycles. The second kappa shape index (κ2) is 13.4. The predicted octanol–water partition coefficient (Wildman–Crippen LogP) is 4.94. The van der Waals surface area contributed by atoms with Crippen LogP contribution in [0.4, 0.5) is 4.39 Å². The number of hydrogen-bond acceptors (Lipinski definition) is 4. The number of carbonyl (C=O) groups excluding carboxylic acids is 2. The first-order chi connectivity index (χ1) is 12.1. The summed E-state index contributed by atoms with van der Waals surface area (Å²) in [5.74, 6) is -1.17. The van der Waals surface area contributed by atoms with Gasteiger partial charge in [-0.3, -0.25) is 9.59 Å². The van der Waals surface area contributed by atoms with Crippen molar-refractivity contribution < 1.29 is 23.5 Å². The molecule has 0 aromatic heterocycles. The summed E-state index contributed by atoms with van der Waals surface area (Å²) >= 11 is 0. The van der Waals surface area contributed by atoms with Gasteiger partial charge >= 0.3 is 11.9 Å². The Morgan fingerprint density at radius 1 is 0.840 bits per heavy atom. The Hall–Kier alpha value is -1.91. The Labute approximate surface area is 149 Å². The van der Waals surface area contributed by atoms with Gasteiger partial charge in [-0.05, 0) is 24.1 Å². The molecule has 0 radical (unpaired) electrons. The molecule has 0 saturated heterocycles. The number of ether oxygens (including phenoxy) is 2. The minimum absolute atomic E-state index is 0.00293. The third kappa shape index (κ3) is 11.3. The van der Waals surface area contributed by atoms with E-state index >= 15 is 0 Å². The number of hydrogen-bond donors (Lipinski definition) is 0. The lowest BCUT2D eigenvalue weighted by molar-refractivity contribution is -0.151. The Kier molecular flexibility index (Phi) is 11.3. The third-order valence-electron chi connectivity index (χ3n) is 3.86. The van der Waals surface area contributed by atoms with Crippen molar-refractivity contribution in [1.29, 1.82) is 0 Å². The molecule has 0 spiro atoms. The molecule has 5 heteroatoms. The first kappa shape index (κ1) is 21.1. The standard InChI is InChI=1S/C20H29FO4/c1-2-3-4-5-6-7-8-15-24-19(22)13-14-20(23)25-16-17-9-11-18(21)12-10-17/h9-12H,2-8,13-16H2,1H3. The van der Waals surface area contributed by atoms with Crippen molar-refractivity contribution in [2.24, 2.45) is 0 Å². The summed E-state index contributed by atoms with van der Waals surface area (Å²) in [7, 11) is 0. The van der Waals surface area contributed by atoms with Gasteiger partial charge in [0.1, 0.15) is 12.4 Å².